The fraction of sp³-hybridized carbons (Fsp3) is 0.600. The Morgan fingerprint density at radius 1 is 1.26 bits per heavy atom. The monoisotopic (exact) mass is 270 g/mol. The summed E-state index contributed by atoms with van der Waals surface area (Å²) in [7, 11) is 3.83. The SMILES string of the molecule is CCNC(c1c(F)ccc(C)c1F)C(C)(C)N(C)C. The van der Waals surface area contributed by atoms with E-state index in [1.54, 1.807) is 6.92 Å². The summed E-state index contributed by atoms with van der Waals surface area (Å²) in [4.78, 5) is 1.97. The summed E-state index contributed by atoms with van der Waals surface area (Å²) in [5, 5.41) is 3.21. The number of hydrogen-bond donors (Lipinski definition) is 1. The van der Waals surface area contributed by atoms with E-state index in [0.717, 1.165) is 0 Å². The number of nitrogens with zero attached hydrogens (tertiary/aromatic N) is 1. The molecular weight excluding hydrogens is 246 g/mol. The van der Waals surface area contributed by atoms with E-state index >= 15 is 0 Å². The highest BCUT2D eigenvalue weighted by molar-refractivity contribution is 5.31. The quantitative estimate of drug-likeness (QED) is 0.883. The Morgan fingerprint density at radius 2 is 1.84 bits per heavy atom. The molecule has 1 N–H and O–H groups in total. The molecule has 0 radical (unpaired) electrons. The van der Waals surface area contributed by atoms with Crippen LogP contribution in [0.1, 0.15) is 37.9 Å². The van der Waals surface area contributed by atoms with Gasteiger partial charge in [-0.15, -0.1) is 0 Å². The average molecular weight is 270 g/mol. The Hall–Kier alpha value is -1.00. The molecule has 1 aromatic carbocycles. The largest absolute Gasteiger partial charge is 0.309 e. The minimum atomic E-state index is -0.496. The second kappa shape index (κ2) is 5.97. The molecule has 0 saturated heterocycles. The van der Waals surface area contributed by atoms with E-state index in [1.807, 2.05) is 39.8 Å². The summed E-state index contributed by atoms with van der Waals surface area (Å²) in [5.41, 5.74) is 0.181. The first kappa shape index (κ1) is 16.1. The average Bonchev–Trinajstić information content (AvgIpc) is 2.33. The highest BCUT2D eigenvalue weighted by atomic mass is 19.1. The van der Waals surface area contributed by atoms with Crippen molar-refractivity contribution in [3.05, 3.63) is 34.9 Å². The summed E-state index contributed by atoms with van der Waals surface area (Å²) >= 11 is 0. The number of benzene rings is 1. The van der Waals surface area contributed by atoms with E-state index in [2.05, 4.69) is 5.32 Å². The molecule has 0 aliphatic carbocycles. The predicted octanol–water partition coefficient (Wildman–Crippen LogP) is 3.26. The summed E-state index contributed by atoms with van der Waals surface area (Å²) in [6.45, 7) is 8.19. The number of likely N-dealkylation sites (N-methyl/N-ethyl adjacent to an activating group) is 2. The summed E-state index contributed by atoms with van der Waals surface area (Å²) in [5.74, 6) is -0.954. The fourth-order valence-electron chi connectivity index (χ4n) is 2.11. The van der Waals surface area contributed by atoms with Crippen LogP contribution in [0.25, 0.3) is 0 Å². The predicted molar refractivity (Wildman–Crippen MR) is 75.3 cm³/mol. The molecule has 1 aromatic rings. The van der Waals surface area contributed by atoms with Crippen LogP contribution in [0.5, 0.6) is 0 Å². The third kappa shape index (κ3) is 3.12. The van der Waals surface area contributed by atoms with Gasteiger partial charge in [0.1, 0.15) is 11.6 Å². The van der Waals surface area contributed by atoms with Crippen molar-refractivity contribution in [3.63, 3.8) is 0 Å². The standard InChI is InChI=1S/C15H24F2N2/c1-7-18-14(15(3,4)19(5)6)12-11(16)9-8-10(2)13(12)17/h8-9,14,18H,7H2,1-6H3. The van der Waals surface area contributed by atoms with Crippen LogP contribution in [-0.2, 0) is 0 Å². The fourth-order valence-corrected chi connectivity index (χ4v) is 2.11. The molecule has 0 amide bonds. The lowest BCUT2D eigenvalue weighted by atomic mass is 9.86. The highest BCUT2D eigenvalue weighted by Gasteiger charge is 2.36. The van der Waals surface area contributed by atoms with Crippen LogP contribution >= 0.6 is 0 Å². The molecule has 1 rings (SSSR count). The molecular formula is C15H24F2N2. The second-order valence-electron chi connectivity index (χ2n) is 5.63. The smallest absolute Gasteiger partial charge is 0.133 e. The molecule has 0 saturated carbocycles. The Morgan fingerprint density at radius 3 is 2.32 bits per heavy atom. The minimum Gasteiger partial charge on any atom is -0.309 e. The van der Waals surface area contributed by atoms with Crippen molar-refractivity contribution in [2.75, 3.05) is 20.6 Å². The van der Waals surface area contributed by atoms with E-state index in [-0.39, 0.29) is 5.56 Å². The summed E-state index contributed by atoms with van der Waals surface area (Å²) < 4.78 is 28.4. The lowest BCUT2D eigenvalue weighted by Gasteiger charge is -2.41. The Kier molecular flexibility index (Phi) is 5.04. The first-order valence-corrected chi connectivity index (χ1v) is 6.58. The lowest BCUT2D eigenvalue weighted by Crippen LogP contribution is -2.50. The third-order valence-electron chi connectivity index (χ3n) is 3.88. The van der Waals surface area contributed by atoms with Gasteiger partial charge in [0, 0.05) is 11.1 Å². The van der Waals surface area contributed by atoms with Gasteiger partial charge in [-0.05, 0) is 53.0 Å². The van der Waals surface area contributed by atoms with Crippen molar-refractivity contribution in [2.45, 2.75) is 39.3 Å². The van der Waals surface area contributed by atoms with Crippen LogP contribution in [0.15, 0.2) is 12.1 Å². The van der Waals surface area contributed by atoms with E-state index in [9.17, 15) is 8.78 Å². The zero-order valence-electron chi connectivity index (χ0n) is 12.6. The number of aryl methyl sites for hydroxylation is 1. The molecule has 1 atom stereocenters. The number of hydrogen-bond acceptors (Lipinski definition) is 2. The van der Waals surface area contributed by atoms with Crippen LogP contribution < -0.4 is 5.32 Å². The van der Waals surface area contributed by atoms with Gasteiger partial charge in [-0.1, -0.05) is 13.0 Å². The molecule has 0 bridgehead atoms. The van der Waals surface area contributed by atoms with Gasteiger partial charge in [0.05, 0.1) is 6.04 Å². The van der Waals surface area contributed by atoms with Crippen LogP contribution in [0.3, 0.4) is 0 Å². The van der Waals surface area contributed by atoms with Gasteiger partial charge in [-0.25, -0.2) is 8.78 Å². The zero-order valence-corrected chi connectivity index (χ0v) is 12.6. The van der Waals surface area contributed by atoms with Gasteiger partial charge >= 0.3 is 0 Å². The van der Waals surface area contributed by atoms with Gasteiger partial charge in [0.2, 0.25) is 0 Å². The van der Waals surface area contributed by atoms with Crippen LogP contribution in [0.4, 0.5) is 8.78 Å². The number of rotatable bonds is 5. The van der Waals surface area contributed by atoms with E-state index in [1.165, 1.54) is 12.1 Å². The maximum atomic E-state index is 14.3. The number of halogens is 2. The van der Waals surface area contributed by atoms with Crippen LogP contribution in [0.2, 0.25) is 0 Å². The van der Waals surface area contributed by atoms with Gasteiger partial charge in [0.15, 0.2) is 0 Å². The van der Waals surface area contributed by atoms with Crippen molar-refractivity contribution in [2.24, 2.45) is 0 Å². The molecule has 19 heavy (non-hydrogen) atoms. The van der Waals surface area contributed by atoms with Crippen LogP contribution in [0, 0.1) is 18.6 Å². The molecule has 0 aromatic heterocycles. The third-order valence-corrected chi connectivity index (χ3v) is 3.88. The first-order valence-electron chi connectivity index (χ1n) is 6.58. The molecule has 4 heteroatoms. The van der Waals surface area contributed by atoms with Crippen LogP contribution in [-0.4, -0.2) is 31.1 Å². The maximum absolute atomic E-state index is 14.3. The van der Waals surface area contributed by atoms with Gasteiger partial charge in [0.25, 0.3) is 0 Å². The minimum absolute atomic E-state index is 0.126. The molecule has 108 valence electrons. The van der Waals surface area contributed by atoms with Crippen molar-refractivity contribution < 1.29 is 8.78 Å². The molecule has 0 spiro atoms. The lowest BCUT2D eigenvalue weighted by molar-refractivity contribution is 0.134. The first-order chi connectivity index (χ1) is 8.73. The van der Waals surface area contributed by atoms with E-state index in [0.29, 0.717) is 12.1 Å². The van der Waals surface area contributed by atoms with Gasteiger partial charge in [-0.2, -0.15) is 0 Å². The normalized spacial score (nSPS) is 13.9. The van der Waals surface area contributed by atoms with Crippen molar-refractivity contribution in [1.29, 1.82) is 0 Å². The van der Waals surface area contributed by atoms with Crippen molar-refractivity contribution in [3.8, 4) is 0 Å². The molecule has 0 heterocycles. The molecule has 0 aliphatic heterocycles. The Bertz CT molecular complexity index is 442. The van der Waals surface area contributed by atoms with E-state index in [4.69, 9.17) is 0 Å². The molecule has 1 unspecified atom stereocenters. The Labute approximate surface area is 114 Å². The zero-order chi connectivity index (χ0) is 14.8. The molecule has 0 aliphatic rings. The number of nitrogens with one attached hydrogen (secondary N) is 1. The van der Waals surface area contributed by atoms with Crippen molar-refractivity contribution in [1.82, 2.24) is 10.2 Å². The van der Waals surface area contributed by atoms with E-state index < -0.39 is 23.2 Å². The van der Waals surface area contributed by atoms with Crippen molar-refractivity contribution >= 4 is 0 Å². The van der Waals surface area contributed by atoms with Gasteiger partial charge in [-0.3, -0.25) is 0 Å². The highest BCUT2D eigenvalue weighted by Crippen LogP contribution is 2.33. The topological polar surface area (TPSA) is 15.3 Å². The summed E-state index contributed by atoms with van der Waals surface area (Å²) in [6.07, 6.45) is 0. The van der Waals surface area contributed by atoms with Gasteiger partial charge < -0.3 is 10.2 Å². The molecule has 2 nitrogen and oxygen atoms in total. The molecule has 0 fully saturated rings. The maximum Gasteiger partial charge on any atom is 0.133 e. The summed E-state index contributed by atoms with van der Waals surface area (Å²) in [6, 6.07) is 2.40. The Balaban J connectivity index is 3.39. The second-order valence-corrected chi connectivity index (χ2v) is 5.63.